The minimum Gasteiger partial charge on any atom is -0.322 e. The van der Waals surface area contributed by atoms with E-state index in [0.29, 0.717) is 11.3 Å². The number of rotatable bonds is 6. The number of anilines is 2. The van der Waals surface area contributed by atoms with Crippen molar-refractivity contribution < 1.29 is 13.2 Å². The monoisotopic (exact) mass is 422 g/mol. The number of hydrogen-bond acceptors (Lipinski definition) is 3. The van der Waals surface area contributed by atoms with Crippen LogP contribution >= 0.6 is 0 Å². The molecule has 0 fully saturated rings. The second-order valence-corrected chi connectivity index (χ2v) is 9.54. The molecule has 0 bridgehead atoms. The van der Waals surface area contributed by atoms with Crippen molar-refractivity contribution >= 4 is 27.3 Å². The minimum atomic E-state index is -3.47. The number of aryl methyl sites for hydroxylation is 3. The van der Waals surface area contributed by atoms with Crippen LogP contribution in [0.5, 0.6) is 0 Å². The number of carbonyl (C=O) groups is 1. The number of nitrogens with one attached hydrogen (secondary N) is 1. The van der Waals surface area contributed by atoms with E-state index in [1.807, 2.05) is 63.2 Å². The summed E-state index contributed by atoms with van der Waals surface area (Å²) in [5.41, 5.74) is 5.80. The fraction of sp³-hybridized carbons (Fsp3) is 0.208. The van der Waals surface area contributed by atoms with Gasteiger partial charge in [-0.3, -0.25) is 9.10 Å². The molecular weight excluding hydrogens is 396 g/mol. The Morgan fingerprint density at radius 3 is 1.93 bits per heavy atom. The molecule has 30 heavy (non-hydrogen) atoms. The lowest BCUT2D eigenvalue weighted by Crippen LogP contribution is -2.29. The molecule has 0 atom stereocenters. The smallest absolute Gasteiger partial charge is 0.255 e. The summed E-state index contributed by atoms with van der Waals surface area (Å²) in [6.45, 7) is 6.07. The van der Waals surface area contributed by atoms with Crippen LogP contribution in [-0.4, -0.2) is 20.6 Å². The van der Waals surface area contributed by atoms with Gasteiger partial charge in [0.05, 0.1) is 18.5 Å². The minimum absolute atomic E-state index is 0.196. The van der Waals surface area contributed by atoms with Crippen molar-refractivity contribution in [2.45, 2.75) is 27.3 Å². The molecule has 0 radical (unpaired) electrons. The molecule has 5 nitrogen and oxygen atoms in total. The molecule has 0 saturated heterocycles. The number of sulfonamides is 1. The molecule has 1 amide bonds. The first-order valence-electron chi connectivity index (χ1n) is 9.65. The molecular formula is C24H26N2O3S. The largest absolute Gasteiger partial charge is 0.322 e. The summed E-state index contributed by atoms with van der Waals surface area (Å²) in [7, 11) is -3.47. The van der Waals surface area contributed by atoms with Gasteiger partial charge in [-0.1, -0.05) is 35.9 Å². The number of nitrogens with zero attached hydrogens (tertiary/aromatic N) is 1. The van der Waals surface area contributed by atoms with E-state index in [1.54, 1.807) is 24.3 Å². The van der Waals surface area contributed by atoms with Gasteiger partial charge >= 0.3 is 0 Å². The fourth-order valence-electron chi connectivity index (χ4n) is 3.26. The molecule has 0 unspecified atom stereocenters. The number of carbonyl (C=O) groups excluding carboxylic acids is 1. The van der Waals surface area contributed by atoms with E-state index in [-0.39, 0.29) is 12.5 Å². The lowest BCUT2D eigenvalue weighted by molar-refractivity contribution is 0.102. The van der Waals surface area contributed by atoms with Gasteiger partial charge in [0.25, 0.3) is 5.91 Å². The zero-order valence-corrected chi connectivity index (χ0v) is 18.5. The van der Waals surface area contributed by atoms with E-state index in [1.165, 1.54) is 10.6 Å². The molecule has 1 N–H and O–H groups in total. The van der Waals surface area contributed by atoms with Crippen LogP contribution in [0.2, 0.25) is 0 Å². The van der Waals surface area contributed by atoms with Crippen molar-refractivity contribution in [3.05, 3.63) is 94.5 Å². The van der Waals surface area contributed by atoms with E-state index in [4.69, 9.17) is 0 Å². The van der Waals surface area contributed by atoms with E-state index >= 15 is 0 Å². The van der Waals surface area contributed by atoms with E-state index in [2.05, 4.69) is 5.32 Å². The maximum absolute atomic E-state index is 12.5. The second-order valence-electron chi connectivity index (χ2n) is 7.63. The molecule has 0 saturated carbocycles. The first-order valence-corrected chi connectivity index (χ1v) is 11.5. The van der Waals surface area contributed by atoms with Gasteiger partial charge in [0.1, 0.15) is 0 Å². The Labute approximate surface area is 178 Å². The third-order valence-corrected chi connectivity index (χ3v) is 5.89. The van der Waals surface area contributed by atoms with Gasteiger partial charge in [0, 0.05) is 11.3 Å². The highest BCUT2D eigenvalue weighted by Crippen LogP contribution is 2.24. The quantitative estimate of drug-likeness (QED) is 0.619. The zero-order chi connectivity index (χ0) is 21.9. The van der Waals surface area contributed by atoms with Gasteiger partial charge in [-0.05, 0) is 73.9 Å². The van der Waals surface area contributed by atoms with E-state index < -0.39 is 10.0 Å². The maximum Gasteiger partial charge on any atom is 0.255 e. The first kappa shape index (κ1) is 21.6. The van der Waals surface area contributed by atoms with Crippen LogP contribution in [0, 0.1) is 20.8 Å². The zero-order valence-electron chi connectivity index (χ0n) is 17.6. The Morgan fingerprint density at radius 1 is 0.833 bits per heavy atom. The van der Waals surface area contributed by atoms with Gasteiger partial charge < -0.3 is 5.32 Å². The van der Waals surface area contributed by atoms with Crippen LogP contribution < -0.4 is 9.62 Å². The van der Waals surface area contributed by atoms with Gasteiger partial charge in [-0.2, -0.15) is 0 Å². The van der Waals surface area contributed by atoms with Crippen molar-refractivity contribution in [1.82, 2.24) is 0 Å². The fourth-order valence-corrected chi connectivity index (χ4v) is 4.13. The standard InChI is InChI=1S/C24H26N2O3S/c1-17-5-11-22(12-6-17)25-24(27)21-9-7-20(8-10-21)16-26(30(4,28)29)23-14-18(2)13-19(3)15-23/h5-15H,16H2,1-4H3,(H,25,27). The van der Waals surface area contributed by atoms with Gasteiger partial charge in [-0.15, -0.1) is 0 Å². The number of amides is 1. The average Bonchev–Trinajstić information content (AvgIpc) is 2.66. The first-order chi connectivity index (χ1) is 14.1. The Morgan fingerprint density at radius 2 is 1.40 bits per heavy atom. The van der Waals surface area contributed by atoms with Crippen LogP contribution in [0.15, 0.2) is 66.7 Å². The Kier molecular flexibility index (Phi) is 6.27. The van der Waals surface area contributed by atoms with Crippen LogP contribution in [0.25, 0.3) is 0 Å². The van der Waals surface area contributed by atoms with Crippen LogP contribution in [0.1, 0.15) is 32.6 Å². The summed E-state index contributed by atoms with van der Waals surface area (Å²) in [5.74, 6) is -0.209. The number of hydrogen-bond donors (Lipinski definition) is 1. The van der Waals surface area contributed by atoms with Crippen LogP contribution in [0.4, 0.5) is 11.4 Å². The van der Waals surface area contributed by atoms with Crippen molar-refractivity contribution in [3.63, 3.8) is 0 Å². The molecule has 6 heteroatoms. The van der Waals surface area contributed by atoms with Gasteiger partial charge in [0.2, 0.25) is 10.0 Å². The molecule has 3 aromatic rings. The molecule has 3 aromatic carbocycles. The Bertz CT molecular complexity index is 1130. The lowest BCUT2D eigenvalue weighted by Gasteiger charge is -2.23. The van der Waals surface area contributed by atoms with Crippen molar-refractivity contribution in [1.29, 1.82) is 0 Å². The molecule has 0 aliphatic heterocycles. The Hall–Kier alpha value is -3.12. The third-order valence-electron chi connectivity index (χ3n) is 4.75. The summed E-state index contributed by atoms with van der Waals surface area (Å²) in [6.07, 6.45) is 1.20. The van der Waals surface area contributed by atoms with Crippen molar-refractivity contribution in [2.75, 3.05) is 15.9 Å². The predicted octanol–water partition coefficient (Wildman–Crippen LogP) is 4.83. The summed E-state index contributed by atoms with van der Waals surface area (Å²) >= 11 is 0. The summed E-state index contributed by atoms with van der Waals surface area (Å²) in [6, 6.07) is 20.3. The molecule has 156 valence electrons. The molecule has 3 rings (SSSR count). The summed E-state index contributed by atoms with van der Waals surface area (Å²) in [4.78, 5) is 12.5. The lowest BCUT2D eigenvalue weighted by atomic mass is 10.1. The van der Waals surface area contributed by atoms with Crippen molar-refractivity contribution in [3.8, 4) is 0 Å². The number of benzene rings is 3. The average molecular weight is 423 g/mol. The highest BCUT2D eigenvalue weighted by Gasteiger charge is 2.19. The molecule has 0 aliphatic rings. The molecule has 0 heterocycles. The summed E-state index contributed by atoms with van der Waals surface area (Å²) in [5, 5.41) is 2.86. The third kappa shape index (κ3) is 5.48. The highest BCUT2D eigenvalue weighted by atomic mass is 32.2. The molecule has 0 spiro atoms. The highest BCUT2D eigenvalue weighted by molar-refractivity contribution is 7.92. The van der Waals surface area contributed by atoms with Crippen LogP contribution in [-0.2, 0) is 16.6 Å². The van der Waals surface area contributed by atoms with Crippen molar-refractivity contribution in [2.24, 2.45) is 0 Å². The van der Waals surface area contributed by atoms with Crippen LogP contribution in [0.3, 0.4) is 0 Å². The van der Waals surface area contributed by atoms with E-state index in [0.717, 1.165) is 27.9 Å². The second kappa shape index (κ2) is 8.71. The summed E-state index contributed by atoms with van der Waals surface area (Å²) < 4.78 is 26.2. The topological polar surface area (TPSA) is 66.5 Å². The molecule has 0 aromatic heterocycles. The van der Waals surface area contributed by atoms with Gasteiger partial charge in [-0.25, -0.2) is 8.42 Å². The van der Waals surface area contributed by atoms with E-state index in [9.17, 15) is 13.2 Å². The normalized spacial score (nSPS) is 11.2. The SMILES string of the molecule is Cc1ccc(NC(=O)c2ccc(CN(c3cc(C)cc(C)c3)S(C)(=O)=O)cc2)cc1. The maximum atomic E-state index is 12.5. The molecule has 0 aliphatic carbocycles. The van der Waals surface area contributed by atoms with Gasteiger partial charge in [0.15, 0.2) is 0 Å². The predicted molar refractivity (Wildman–Crippen MR) is 123 cm³/mol. The Balaban J connectivity index is 1.78.